The van der Waals surface area contributed by atoms with Crippen LogP contribution < -0.4 is 28.5 Å². The Balaban J connectivity index is 0.00000120. The number of halogens is 1. The lowest BCUT2D eigenvalue weighted by molar-refractivity contribution is -0.676. The molecule has 0 aliphatic rings. The molecule has 0 saturated carbocycles. The Morgan fingerprint density at radius 2 is 1.83 bits per heavy atom. The van der Waals surface area contributed by atoms with Gasteiger partial charge in [0.25, 0.3) is 0 Å². The molecule has 3 aromatic rings. The molecule has 5 heteroatoms. The summed E-state index contributed by atoms with van der Waals surface area (Å²) in [5.74, 6) is 0. The fourth-order valence-corrected chi connectivity index (χ4v) is 1.92. The van der Waals surface area contributed by atoms with Gasteiger partial charge in [-0.25, -0.2) is 9.25 Å². The molecule has 0 aliphatic carbocycles. The van der Waals surface area contributed by atoms with Crippen LogP contribution in [0.5, 0.6) is 0 Å². The monoisotopic (exact) mass is 352 g/mol. The van der Waals surface area contributed by atoms with Crippen LogP contribution in [0, 0.1) is 6.92 Å². The third-order valence-electron chi connectivity index (χ3n) is 3.03. The van der Waals surface area contributed by atoms with Gasteiger partial charge in [0.15, 0.2) is 11.7 Å². The molecule has 0 amide bonds. The second-order valence-corrected chi connectivity index (χ2v) is 4.08. The molecular formula is C13H13IN4. The molecule has 2 heterocycles. The van der Waals surface area contributed by atoms with Crippen molar-refractivity contribution in [2.75, 3.05) is 0 Å². The highest BCUT2D eigenvalue weighted by molar-refractivity contribution is 5.76. The van der Waals surface area contributed by atoms with Crippen molar-refractivity contribution in [3.8, 4) is 5.69 Å². The Morgan fingerprint density at radius 3 is 2.56 bits per heavy atom. The Kier molecular flexibility index (Phi) is 3.60. The highest BCUT2D eigenvalue weighted by Gasteiger charge is 2.14. The molecule has 0 atom stereocenters. The third-order valence-corrected chi connectivity index (χ3v) is 3.03. The summed E-state index contributed by atoms with van der Waals surface area (Å²) in [4.78, 5) is 0. The van der Waals surface area contributed by atoms with Gasteiger partial charge in [0.1, 0.15) is 12.6 Å². The third kappa shape index (κ3) is 1.98. The summed E-state index contributed by atoms with van der Waals surface area (Å²) in [7, 11) is 2.01. The number of hydrogen-bond acceptors (Lipinski definition) is 2. The largest absolute Gasteiger partial charge is 1.00 e. The van der Waals surface area contributed by atoms with Gasteiger partial charge in [0.2, 0.25) is 5.69 Å². The zero-order valence-electron chi connectivity index (χ0n) is 10.2. The molecule has 0 bridgehead atoms. The molecule has 4 nitrogen and oxygen atoms in total. The number of pyridine rings is 1. The summed E-state index contributed by atoms with van der Waals surface area (Å²) in [6, 6.07) is 12.1. The van der Waals surface area contributed by atoms with Crippen molar-refractivity contribution in [3.05, 3.63) is 48.3 Å². The van der Waals surface area contributed by atoms with Crippen molar-refractivity contribution in [1.82, 2.24) is 15.0 Å². The number of aryl methyl sites for hydroxylation is 2. The molecular weight excluding hydrogens is 339 g/mol. The number of para-hydroxylation sites is 1. The van der Waals surface area contributed by atoms with E-state index >= 15 is 0 Å². The topological polar surface area (TPSA) is 34.6 Å². The van der Waals surface area contributed by atoms with Crippen molar-refractivity contribution in [1.29, 1.82) is 0 Å². The SMILES string of the molecule is Cc1c2nnn(-c3ccccc3)c2cc[n+]1C.[I-]. The quantitative estimate of drug-likeness (QED) is 0.397. The van der Waals surface area contributed by atoms with Gasteiger partial charge in [-0.15, -0.1) is 5.10 Å². The van der Waals surface area contributed by atoms with Crippen LogP contribution in [0.4, 0.5) is 0 Å². The fraction of sp³-hybridized carbons (Fsp3) is 0.154. The number of aromatic nitrogens is 4. The first-order chi connectivity index (χ1) is 8.27. The highest BCUT2D eigenvalue weighted by atomic mass is 127. The normalized spacial score (nSPS) is 10.3. The lowest BCUT2D eigenvalue weighted by atomic mass is 10.3. The number of nitrogens with zero attached hydrogens (tertiary/aromatic N) is 4. The second-order valence-electron chi connectivity index (χ2n) is 4.08. The van der Waals surface area contributed by atoms with Gasteiger partial charge in [-0.2, -0.15) is 0 Å². The molecule has 92 valence electrons. The first kappa shape index (κ1) is 12.9. The molecule has 1 aromatic carbocycles. The van der Waals surface area contributed by atoms with Gasteiger partial charge in [-0.05, 0) is 12.1 Å². The Morgan fingerprint density at radius 1 is 1.11 bits per heavy atom. The van der Waals surface area contributed by atoms with Crippen LogP contribution in [-0.4, -0.2) is 15.0 Å². The lowest BCUT2D eigenvalue weighted by Gasteiger charge is -2.00. The summed E-state index contributed by atoms with van der Waals surface area (Å²) in [5, 5.41) is 8.47. The van der Waals surface area contributed by atoms with Crippen LogP contribution >= 0.6 is 0 Å². The maximum atomic E-state index is 4.25. The van der Waals surface area contributed by atoms with E-state index in [2.05, 4.69) is 10.3 Å². The standard InChI is InChI=1S/C13H13N4.HI/c1-10-13-12(8-9-16(10)2)17(15-14-13)11-6-4-3-5-7-11;/h3-9H,1-2H3;1H/q+1;/p-1. The molecule has 0 aliphatic heterocycles. The summed E-state index contributed by atoms with van der Waals surface area (Å²) in [6.45, 7) is 2.05. The van der Waals surface area contributed by atoms with Gasteiger partial charge < -0.3 is 24.0 Å². The predicted octanol–water partition coefficient (Wildman–Crippen LogP) is -1.44. The average Bonchev–Trinajstić information content (AvgIpc) is 2.79. The maximum absolute atomic E-state index is 4.25. The Bertz CT molecular complexity index is 676. The van der Waals surface area contributed by atoms with E-state index in [1.807, 2.05) is 65.8 Å². The molecule has 0 radical (unpaired) electrons. The zero-order valence-corrected chi connectivity index (χ0v) is 12.4. The van der Waals surface area contributed by atoms with Gasteiger partial charge in [0.05, 0.1) is 5.69 Å². The van der Waals surface area contributed by atoms with Crippen molar-refractivity contribution >= 4 is 11.0 Å². The van der Waals surface area contributed by atoms with Crippen LogP contribution in [0.1, 0.15) is 5.69 Å². The van der Waals surface area contributed by atoms with E-state index in [0.29, 0.717) is 0 Å². The molecule has 0 spiro atoms. The lowest BCUT2D eigenvalue weighted by Crippen LogP contribution is -3.00. The minimum atomic E-state index is 0. The number of fused-ring (bicyclic) bond motifs is 1. The molecule has 0 unspecified atom stereocenters. The van der Waals surface area contributed by atoms with E-state index in [1.165, 1.54) is 0 Å². The number of rotatable bonds is 1. The van der Waals surface area contributed by atoms with Crippen LogP contribution in [0.3, 0.4) is 0 Å². The smallest absolute Gasteiger partial charge is 0.208 e. The van der Waals surface area contributed by atoms with E-state index < -0.39 is 0 Å². The minimum absolute atomic E-state index is 0. The van der Waals surface area contributed by atoms with Crippen LogP contribution in [-0.2, 0) is 7.05 Å². The van der Waals surface area contributed by atoms with E-state index in [9.17, 15) is 0 Å². The van der Waals surface area contributed by atoms with Crippen LogP contribution in [0.15, 0.2) is 42.6 Å². The molecule has 3 rings (SSSR count). The fourth-order valence-electron chi connectivity index (χ4n) is 1.92. The first-order valence-corrected chi connectivity index (χ1v) is 5.53. The van der Waals surface area contributed by atoms with E-state index in [0.717, 1.165) is 22.4 Å². The number of hydrogen-bond donors (Lipinski definition) is 0. The van der Waals surface area contributed by atoms with Crippen molar-refractivity contribution in [2.45, 2.75) is 6.92 Å². The molecule has 0 fully saturated rings. The molecule has 2 aromatic heterocycles. The van der Waals surface area contributed by atoms with Gasteiger partial charge in [-0.3, -0.25) is 0 Å². The zero-order chi connectivity index (χ0) is 11.8. The summed E-state index contributed by atoms with van der Waals surface area (Å²) in [5.41, 5.74) is 4.12. The average molecular weight is 352 g/mol. The predicted molar refractivity (Wildman–Crippen MR) is 64.8 cm³/mol. The Labute approximate surface area is 122 Å². The van der Waals surface area contributed by atoms with Crippen LogP contribution in [0.2, 0.25) is 0 Å². The molecule has 0 saturated heterocycles. The van der Waals surface area contributed by atoms with E-state index in [4.69, 9.17) is 0 Å². The highest BCUT2D eigenvalue weighted by Crippen LogP contribution is 2.16. The maximum Gasteiger partial charge on any atom is 0.208 e. The summed E-state index contributed by atoms with van der Waals surface area (Å²) in [6.07, 6.45) is 2.03. The van der Waals surface area contributed by atoms with Crippen molar-refractivity contribution in [3.63, 3.8) is 0 Å². The number of benzene rings is 1. The summed E-state index contributed by atoms with van der Waals surface area (Å²) < 4.78 is 3.91. The van der Waals surface area contributed by atoms with Gasteiger partial charge in [0, 0.05) is 13.0 Å². The molecule has 0 N–H and O–H groups in total. The van der Waals surface area contributed by atoms with Gasteiger partial charge >= 0.3 is 0 Å². The Hall–Kier alpha value is -1.50. The van der Waals surface area contributed by atoms with Crippen molar-refractivity contribution < 1.29 is 28.5 Å². The minimum Gasteiger partial charge on any atom is -1.00 e. The van der Waals surface area contributed by atoms with Gasteiger partial charge in [-0.1, -0.05) is 23.4 Å². The molecule has 18 heavy (non-hydrogen) atoms. The van der Waals surface area contributed by atoms with E-state index in [-0.39, 0.29) is 24.0 Å². The van der Waals surface area contributed by atoms with Crippen molar-refractivity contribution in [2.24, 2.45) is 7.05 Å². The van der Waals surface area contributed by atoms with Crippen LogP contribution in [0.25, 0.3) is 16.7 Å². The summed E-state index contributed by atoms with van der Waals surface area (Å²) >= 11 is 0. The van der Waals surface area contributed by atoms with E-state index in [1.54, 1.807) is 0 Å². The second kappa shape index (κ2) is 5.01. The first-order valence-electron chi connectivity index (χ1n) is 5.53.